The van der Waals surface area contributed by atoms with Gasteiger partial charge >= 0.3 is 5.63 Å². The van der Waals surface area contributed by atoms with Gasteiger partial charge in [0.25, 0.3) is 0 Å². The number of ether oxygens (including phenoxy) is 2. The summed E-state index contributed by atoms with van der Waals surface area (Å²) in [5.74, 6) is 0.685. The first-order valence-corrected chi connectivity index (χ1v) is 7.90. The Morgan fingerprint density at radius 3 is 2.83 bits per heavy atom. The second kappa shape index (κ2) is 5.19. The number of hydrogen-bond acceptors (Lipinski definition) is 6. The smallest absolute Gasteiger partial charge is 0.347 e. The van der Waals surface area contributed by atoms with Gasteiger partial charge in [-0.05, 0) is 18.9 Å². The van der Waals surface area contributed by atoms with Gasteiger partial charge in [-0.2, -0.15) is 0 Å². The number of carbonyl (C=O) groups is 2. The Balaban J connectivity index is 2.13. The van der Waals surface area contributed by atoms with Crippen molar-refractivity contribution in [3.8, 4) is 11.5 Å². The molecule has 1 aliphatic heterocycles. The van der Waals surface area contributed by atoms with Crippen molar-refractivity contribution in [1.82, 2.24) is 0 Å². The predicted octanol–water partition coefficient (Wildman–Crippen LogP) is 2.38. The molecule has 2 heterocycles. The number of aldehydes is 1. The number of Topliss-reactive ketones (excluding diaryl/α,β-unsaturated/α-hetero) is 1. The Morgan fingerprint density at radius 1 is 1.33 bits per heavy atom. The van der Waals surface area contributed by atoms with Crippen LogP contribution in [0.5, 0.6) is 11.5 Å². The molecule has 0 amide bonds. The molecule has 124 valence electrons. The van der Waals surface area contributed by atoms with E-state index < -0.39 is 5.63 Å². The highest BCUT2D eigenvalue weighted by Crippen LogP contribution is 2.48. The zero-order chi connectivity index (χ0) is 17.0. The lowest BCUT2D eigenvalue weighted by Gasteiger charge is -2.14. The lowest BCUT2D eigenvalue weighted by molar-refractivity contribution is -0.108. The summed E-state index contributed by atoms with van der Waals surface area (Å²) < 4.78 is 16.8. The van der Waals surface area contributed by atoms with Gasteiger partial charge in [0.1, 0.15) is 35.0 Å². The lowest BCUT2D eigenvalue weighted by Crippen LogP contribution is -2.15. The Bertz CT molecular complexity index is 939. The van der Waals surface area contributed by atoms with Crippen LogP contribution in [0.3, 0.4) is 0 Å². The molecule has 1 aromatic carbocycles. The van der Waals surface area contributed by atoms with Crippen LogP contribution in [0.25, 0.3) is 11.0 Å². The Hall–Kier alpha value is -2.63. The summed E-state index contributed by atoms with van der Waals surface area (Å²) >= 11 is 0. The molecule has 0 unspecified atom stereocenters. The van der Waals surface area contributed by atoms with Crippen molar-refractivity contribution < 1.29 is 23.5 Å². The summed E-state index contributed by atoms with van der Waals surface area (Å²) in [4.78, 5) is 35.4. The minimum Gasteiger partial charge on any atom is -0.496 e. The normalized spacial score (nSPS) is 21.5. The molecule has 0 saturated carbocycles. The van der Waals surface area contributed by atoms with Gasteiger partial charge in [-0.15, -0.1) is 0 Å². The van der Waals surface area contributed by atoms with Gasteiger partial charge in [0.2, 0.25) is 0 Å². The van der Waals surface area contributed by atoms with Gasteiger partial charge in [0.15, 0.2) is 5.78 Å². The van der Waals surface area contributed by atoms with Crippen molar-refractivity contribution in [2.24, 2.45) is 0 Å². The van der Waals surface area contributed by atoms with E-state index in [9.17, 15) is 14.4 Å². The molecule has 24 heavy (non-hydrogen) atoms. The Labute approximate surface area is 137 Å². The summed E-state index contributed by atoms with van der Waals surface area (Å²) in [6, 6.07) is 1.75. The van der Waals surface area contributed by atoms with Gasteiger partial charge in [0, 0.05) is 30.4 Å². The molecule has 2 aromatic rings. The maximum atomic E-state index is 12.3. The molecule has 2 aliphatic rings. The number of methoxy groups -OCH3 is 1. The lowest BCUT2D eigenvalue weighted by atomic mass is 9.90. The van der Waals surface area contributed by atoms with E-state index in [4.69, 9.17) is 13.9 Å². The average Bonchev–Trinajstić information content (AvgIpc) is 3.08. The highest BCUT2D eigenvalue weighted by Gasteiger charge is 2.37. The van der Waals surface area contributed by atoms with E-state index in [0.717, 1.165) is 6.29 Å². The van der Waals surface area contributed by atoms with Crippen LogP contribution in [-0.2, 0) is 11.2 Å². The van der Waals surface area contributed by atoms with Crippen molar-refractivity contribution in [1.29, 1.82) is 0 Å². The van der Waals surface area contributed by atoms with Crippen LogP contribution >= 0.6 is 0 Å². The molecule has 0 N–H and O–H groups in total. The van der Waals surface area contributed by atoms with Crippen LogP contribution in [0.4, 0.5) is 0 Å². The van der Waals surface area contributed by atoms with Crippen molar-refractivity contribution in [3.63, 3.8) is 0 Å². The molecule has 0 radical (unpaired) electrons. The first-order chi connectivity index (χ1) is 11.6. The minimum absolute atomic E-state index is 0.125. The van der Waals surface area contributed by atoms with Crippen LogP contribution in [0, 0.1) is 0 Å². The quantitative estimate of drug-likeness (QED) is 0.635. The average molecular weight is 328 g/mol. The summed E-state index contributed by atoms with van der Waals surface area (Å²) in [6.45, 7) is 1.88. The standard InChI is InChI=1S/C18H16O6/c1-8-9(5-6-19)15-13(23-8)7-12(22-2)16-10-3-4-11(20)14(10)18(21)24-17(15)16/h6-9H,3-5H2,1-2H3/t8-,9+/m1/s1. The van der Waals surface area contributed by atoms with Gasteiger partial charge in [-0.25, -0.2) is 4.79 Å². The largest absolute Gasteiger partial charge is 0.496 e. The van der Waals surface area contributed by atoms with Crippen LogP contribution < -0.4 is 15.1 Å². The highest BCUT2D eigenvalue weighted by molar-refractivity contribution is 6.06. The summed E-state index contributed by atoms with van der Waals surface area (Å²) in [7, 11) is 1.52. The second-order valence-corrected chi connectivity index (χ2v) is 6.19. The molecule has 0 saturated heterocycles. The van der Waals surface area contributed by atoms with E-state index in [0.29, 0.717) is 46.4 Å². The fourth-order valence-electron chi connectivity index (χ4n) is 3.85. The number of benzene rings is 1. The first-order valence-electron chi connectivity index (χ1n) is 7.90. The van der Waals surface area contributed by atoms with Crippen molar-refractivity contribution in [3.05, 3.63) is 33.2 Å². The van der Waals surface area contributed by atoms with Gasteiger partial charge in [0.05, 0.1) is 12.5 Å². The predicted molar refractivity (Wildman–Crippen MR) is 85.2 cm³/mol. The third-order valence-electron chi connectivity index (χ3n) is 4.95. The summed E-state index contributed by atoms with van der Waals surface area (Å²) in [5, 5.41) is 0.644. The number of fused-ring (bicyclic) bond motifs is 5. The third kappa shape index (κ3) is 1.85. The van der Waals surface area contributed by atoms with Crippen LogP contribution in [0.15, 0.2) is 15.3 Å². The zero-order valence-corrected chi connectivity index (χ0v) is 13.4. The van der Waals surface area contributed by atoms with E-state index in [-0.39, 0.29) is 29.8 Å². The van der Waals surface area contributed by atoms with Crippen LogP contribution in [0.2, 0.25) is 0 Å². The van der Waals surface area contributed by atoms with Gasteiger partial charge in [-0.3, -0.25) is 4.79 Å². The van der Waals surface area contributed by atoms with E-state index in [1.807, 2.05) is 6.92 Å². The minimum atomic E-state index is -0.625. The van der Waals surface area contributed by atoms with E-state index in [1.165, 1.54) is 7.11 Å². The molecule has 0 spiro atoms. The summed E-state index contributed by atoms with van der Waals surface area (Å²) in [6.07, 6.45) is 1.69. The maximum absolute atomic E-state index is 12.3. The summed E-state index contributed by atoms with van der Waals surface area (Å²) in [5.41, 5.74) is 1.26. The molecule has 6 heteroatoms. The van der Waals surface area contributed by atoms with Crippen LogP contribution in [0.1, 0.15) is 47.2 Å². The monoisotopic (exact) mass is 328 g/mol. The first kappa shape index (κ1) is 14.9. The second-order valence-electron chi connectivity index (χ2n) is 6.19. The number of aryl methyl sites for hydroxylation is 1. The fourth-order valence-corrected chi connectivity index (χ4v) is 3.85. The molecule has 0 fully saturated rings. The van der Waals surface area contributed by atoms with Crippen molar-refractivity contribution in [2.45, 2.75) is 38.2 Å². The van der Waals surface area contributed by atoms with Crippen molar-refractivity contribution in [2.75, 3.05) is 7.11 Å². The maximum Gasteiger partial charge on any atom is 0.347 e. The number of ketones is 1. The van der Waals surface area contributed by atoms with Crippen molar-refractivity contribution >= 4 is 23.0 Å². The van der Waals surface area contributed by atoms with E-state index >= 15 is 0 Å². The Morgan fingerprint density at radius 2 is 2.12 bits per heavy atom. The molecule has 4 rings (SSSR count). The fraction of sp³-hybridized carbons (Fsp3) is 0.389. The molecular formula is C18H16O6. The molecule has 1 aromatic heterocycles. The number of carbonyl (C=O) groups excluding carboxylic acids is 2. The topological polar surface area (TPSA) is 82.8 Å². The van der Waals surface area contributed by atoms with Gasteiger partial charge in [-0.1, -0.05) is 0 Å². The molecular weight excluding hydrogens is 312 g/mol. The van der Waals surface area contributed by atoms with E-state index in [2.05, 4.69) is 0 Å². The molecule has 0 bridgehead atoms. The number of rotatable bonds is 3. The third-order valence-corrected chi connectivity index (χ3v) is 4.95. The Kier molecular flexibility index (Phi) is 3.23. The number of hydrogen-bond donors (Lipinski definition) is 0. The molecule has 1 aliphatic carbocycles. The molecule has 6 nitrogen and oxygen atoms in total. The highest BCUT2D eigenvalue weighted by atomic mass is 16.5. The van der Waals surface area contributed by atoms with Crippen LogP contribution in [-0.4, -0.2) is 25.3 Å². The molecule has 2 atom stereocenters. The SMILES string of the molecule is COc1cc2c(c3oc(=O)c4c(c13)CCC4=O)[C@@H](CC=O)[C@@H](C)O2. The van der Waals surface area contributed by atoms with Gasteiger partial charge < -0.3 is 18.7 Å². The van der Waals surface area contributed by atoms with E-state index in [1.54, 1.807) is 6.07 Å². The zero-order valence-electron chi connectivity index (χ0n) is 13.4.